The number of hydrogen-bond acceptors (Lipinski definition) is 3. The molecule has 25 heavy (non-hydrogen) atoms. The number of anilines is 1. The van der Waals surface area contributed by atoms with Crippen molar-refractivity contribution in [1.29, 1.82) is 0 Å². The van der Waals surface area contributed by atoms with E-state index in [9.17, 15) is 13.2 Å². The predicted molar refractivity (Wildman–Crippen MR) is 101 cm³/mol. The van der Waals surface area contributed by atoms with E-state index in [1.54, 1.807) is 30.3 Å². The number of nitrogens with one attached hydrogen (secondary N) is 1. The Morgan fingerprint density at radius 1 is 0.960 bits per heavy atom. The number of hydrogen-bond donors (Lipinski definition) is 1. The second kappa shape index (κ2) is 9.20. The predicted octanol–water partition coefficient (Wildman–Crippen LogP) is 3.41. The summed E-state index contributed by atoms with van der Waals surface area (Å²) in [6.45, 7) is 0.300. The summed E-state index contributed by atoms with van der Waals surface area (Å²) in [6, 6.07) is 14.8. The molecule has 0 aromatic heterocycles. The van der Waals surface area contributed by atoms with E-state index in [2.05, 4.69) is 5.32 Å². The molecule has 1 N–H and O–H groups in total. The average Bonchev–Trinajstić information content (AvgIpc) is 2.62. The highest BCUT2D eigenvalue weighted by Gasteiger charge is 2.24. The molecule has 134 valence electrons. The van der Waals surface area contributed by atoms with Crippen LogP contribution in [-0.2, 0) is 10.0 Å². The van der Waals surface area contributed by atoms with Gasteiger partial charge in [-0.2, -0.15) is 4.31 Å². The number of carbonyl (C=O) groups is 1. The molecular weight excluding hydrogens is 383 g/mol. The molecule has 0 atom stereocenters. The van der Waals surface area contributed by atoms with E-state index in [1.165, 1.54) is 22.5 Å². The van der Waals surface area contributed by atoms with Crippen molar-refractivity contribution in [3.8, 4) is 0 Å². The Balaban J connectivity index is 2.26. The van der Waals surface area contributed by atoms with E-state index in [1.807, 2.05) is 6.07 Å². The third-order valence-corrected chi connectivity index (χ3v) is 5.67. The molecule has 0 fully saturated rings. The first-order valence-corrected chi connectivity index (χ1v) is 10.1. The van der Waals surface area contributed by atoms with Gasteiger partial charge < -0.3 is 5.32 Å². The summed E-state index contributed by atoms with van der Waals surface area (Å²) in [5.74, 6) is -0.0706. The second-order valence-corrected chi connectivity index (χ2v) is 7.82. The van der Waals surface area contributed by atoms with E-state index in [4.69, 9.17) is 23.2 Å². The number of para-hydroxylation sites is 1. The summed E-state index contributed by atoms with van der Waals surface area (Å²) in [6.07, 6.45) is 0. The first-order valence-electron chi connectivity index (χ1n) is 7.57. The third kappa shape index (κ3) is 5.19. The van der Waals surface area contributed by atoms with Crippen LogP contribution in [0.25, 0.3) is 0 Å². The van der Waals surface area contributed by atoms with Crippen molar-refractivity contribution in [2.45, 2.75) is 4.90 Å². The molecule has 0 aliphatic carbocycles. The first kappa shape index (κ1) is 19.7. The zero-order valence-corrected chi connectivity index (χ0v) is 15.7. The largest absolute Gasteiger partial charge is 0.322 e. The molecule has 0 saturated heterocycles. The number of benzene rings is 2. The fraction of sp³-hybridized carbons (Fsp3) is 0.235. The maximum Gasteiger partial charge on any atom is 0.255 e. The van der Waals surface area contributed by atoms with Crippen molar-refractivity contribution in [2.75, 3.05) is 30.2 Å². The van der Waals surface area contributed by atoms with Gasteiger partial charge in [0.05, 0.1) is 4.90 Å². The standard InChI is InChI=1S/C17H18Cl2N2O3S/c18-9-11-21(12-10-19)25(23,24)16-8-4-5-14(13-16)17(22)20-15-6-2-1-3-7-15/h1-8,13H,9-12H2,(H,20,22). The highest BCUT2D eigenvalue weighted by molar-refractivity contribution is 7.89. The SMILES string of the molecule is O=C(Nc1ccccc1)c1cccc(S(=O)(=O)N(CCCl)CCCl)c1. The molecule has 0 unspecified atom stereocenters. The monoisotopic (exact) mass is 400 g/mol. The lowest BCUT2D eigenvalue weighted by atomic mass is 10.2. The van der Waals surface area contributed by atoms with Gasteiger partial charge in [-0.1, -0.05) is 24.3 Å². The van der Waals surface area contributed by atoms with E-state index < -0.39 is 10.0 Å². The minimum absolute atomic E-state index is 0.0310. The summed E-state index contributed by atoms with van der Waals surface area (Å²) in [5, 5.41) is 2.73. The Bertz CT molecular complexity index is 808. The maximum atomic E-state index is 12.7. The van der Waals surface area contributed by atoms with Gasteiger partial charge in [0, 0.05) is 36.1 Å². The van der Waals surface area contributed by atoms with Crippen molar-refractivity contribution in [2.24, 2.45) is 0 Å². The molecule has 0 aliphatic heterocycles. The second-order valence-electron chi connectivity index (χ2n) is 5.13. The normalized spacial score (nSPS) is 11.5. The molecule has 0 radical (unpaired) electrons. The minimum Gasteiger partial charge on any atom is -0.322 e. The van der Waals surface area contributed by atoms with Crippen molar-refractivity contribution in [3.63, 3.8) is 0 Å². The number of rotatable bonds is 8. The summed E-state index contributed by atoms with van der Waals surface area (Å²) in [5.41, 5.74) is 0.883. The molecule has 2 aromatic carbocycles. The van der Waals surface area contributed by atoms with Gasteiger partial charge in [-0.25, -0.2) is 8.42 Å². The Labute approximate surface area is 157 Å². The van der Waals surface area contributed by atoms with Crippen molar-refractivity contribution >= 4 is 44.8 Å². The highest BCUT2D eigenvalue weighted by atomic mass is 35.5. The van der Waals surface area contributed by atoms with Gasteiger partial charge in [-0.05, 0) is 30.3 Å². The van der Waals surface area contributed by atoms with Gasteiger partial charge in [-0.15, -0.1) is 23.2 Å². The summed E-state index contributed by atoms with van der Waals surface area (Å²) in [4.78, 5) is 12.4. The molecular formula is C17H18Cl2N2O3S. The third-order valence-electron chi connectivity index (χ3n) is 3.43. The van der Waals surface area contributed by atoms with E-state index in [-0.39, 0.29) is 41.2 Å². The number of nitrogens with zero attached hydrogens (tertiary/aromatic N) is 1. The zero-order valence-electron chi connectivity index (χ0n) is 13.4. The highest BCUT2D eigenvalue weighted by Crippen LogP contribution is 2.18. The molecule has 2 aromatic rings. The number of sulfonamides is 1. The lowest BCUT2D eigenvalue weighted by Crippen LogP contribution is -2.34. The van der Waals surface area contributed by atoms with Crippen LogP contribution in [0.15, 0.2) is 59.5 Å². The Morgan fingerprint density at radius 3 is 2.20 bits per heavy atom. The number of amides is 1. The lowest BCUT2D eigenvalue weighted by Gasteiger charge is -2.20. The van der Waals surface area contributed by atoms with Gasteiger partial charge in [0.25, 0.3) is 5.91 Å². The molecule has 1 amide bonds. The van der Waals surface area contributed by atoms with Crippen LogP contribution in [0.2, 0.25) is 0 Å². The molecule has 0 saturated carbocycles. The smallest absolute Gasteiger partial charge is 0.255 e. The Morgan fingerprint density at radius 2 is 1.60 bits per heavy atom. The molecule has 0 heterocycles. The van der Waals surface area contributed by atoms with Crippen LogP contribution in [0, 0.1) is 0 Å². The molecule has 5 nitrogen and oxygen atoms in total. The quantitative estimate of drug-likeness (QED) is 0.690. The maximum absolute atomic E-state index is 12.7. The number of halogens is 2. The van der Waals surface area contributed by atoms with E-state index >= 15 is 0 Å². The topological polar surface area (TPSA) is 66.5 Å². The van der Waals surface area contributed by atoms with Crippen molar-refractivity contribution in [3.05, 3.63) is 60.2 Å². The van der Waals surface area contributed by atoms with Gasteiger partial charge in [-0.3, -0.25) is 4.79 Å². The van der Waals surface area contributed by atoms with E-state index in [0.29, 0.717) is 5.69 Å². The number of alkyl halides is 2. The molecule has 0 bridgehead atoms. The van der Waals surface area contributed by atoms with Crippen LogP contribution in [-0.4, -0.2) is 43.5 Å². The van der Waals surface area contributed by atoms with Crippen LogP contribution in [0.4, 0.5) is 5.69 Å². The van der Waals surface area contributed by atoms with Crippen LogP contribution in [0.3, 0.4) is 0 Å². The van der Waals surface area contributed by atoms with Gasteiger partial charge in [0.2, 0.25) is 10.0 Å². The molecule has 0 spiro atoms. The molecule has 0 aliphatic rings. The minimum atomic E-state index is -3.77. The van der Waals surface area contributed by atoms with Crippen molar-refractivity contribution in [1.82, 2.24) is 4.31 Å². The van der Waals surface area contributed by atoms with Gasteiger partial charge in [0.1, 0.15) is 0 Å². The fourth-order valence-electron chi connectivity index (χ4n) is 2.21. The summed E-state index contributed by atoms with van der Waals surface area (Å²) in [7, 11) is -3.77. The molecule has 8 heteroatoms. The van der Waals surface area contributed by atoms with Crippen molar-refractivity contribution < 1.29 is 13.2 Å². The van der Waals surface area contributed by atoms with Crippen LogP contribution >= 0.6 is 23.2 Å². The average molecular weight is 401 g/mol. The van der Waals surface area contributed by atoms with Crippen LogP contribution in [0.1, 0.15) is 10.4 Å². The van der Waals surface area contributed by atoms with Gasteiger partial charge in [0.15, 0.2) is 0 Å². The first-order chi connectivity index (χ1) is 12.0. The zero-order chi connectivity index (χ0) is 18.3. The number of carbonyl (C=O) groups excluding carboxylic acids is 1. The summed E-state index contributed by atoms with van der Waals surface area (Å²) >= 11 is 11.4. The van der Waals surface area contributed by atoms with Gasteiger partial charge >= 0.3 is 0 Å². The Hall–Kier alpha value is -1.60. The summed E-state index contributed by atoms with van der Waals surface area (Å²) < 4.78 is 26.7. The van der Waals surface area contributed by atoms with E-state index in [0.717, 1.165) is 0 Å². The lowest BCUT2D eigenvalue weighted by molar-refractivity contribution is 0.102. The van der Waals surface area contributed by atoms with Crippen LogP contribution < -0.4 is 5.32 Å². The fourth-order valence-corrected chi connectivity index (χ4v) is 4.31. The molecule has 2 rings (SSSR count). The van der Waals surface area contributed by atoms with Crippen LogP contribution in [0.5, 0.6) is 0 Å². The Kier molecular flexibility index (Phi) is 7.25.